The number of ether oxygens (including phenoxy) is 2. The lowest BCUT2D eigenvalue weighted by atomic mass is 9.96. The molecule has 0 fully saturated rings. The minimum atomic E-state index is -0.0399. The lowest BCUT2D eigenvalue weighted by molar-refractivity contribution is 0.0163. The molecular formula is C20H38O2. The van der Waals surface area contributed by atoms with E-state index in [1.807, 2.05) is 27.7 Å². The topological polar surface area (TPSA) is 18.5 Å². The Morgan fingerprint density at radius 3 is 2.27 bits per heavy atom. The summed E-state index contributed by atoms with van der Waals surface area (Å²) in [5.41, 5.74) is 2.55. The maximum atomic E-state index is 5.48. The average molecular weight is 311 g/mol. The Hall–Kier alpha value is -0.860. The molecule has 2 nitrogen and oxygen atoms in total. The highest BCUT2D eigenvalue weighted by Crippen LogP contribution is 2.22. The lowest BCUT2D eigenvalue weighted by Gasteiger charge is -2.22. The molecule has 0 aromatic carbocycles. The third-order valence-electron chi connectivity index (χ3n) is 3.48. The van der Waals surface area contributed by atoms with Gasteiger partial charge in [0.25, 0.3) is 0 Å². The molecule has 0 heterocycles. The number of hydrogen-bond acceptors (Lipinski definition) is 2. The summed E-state index contributed by atoms with van der Waals surface area (Å²) in [6, 6.07) is 0. The maximum Gasteiger partial charge on any atom is 0.0855 e. The summed E-state index contributed by atoms with van der Waals surface area (Å²) in [7, 11) is 3.54. The quantitative estimate of drug-likeness (QED) is 0.591. The molecular weight excluding hydrogens is 272 g/mol. The second-order valence-electron chi connectivity index (χ2n) is 5.46. The smallest absolute Gasteiger partial charge is 0.0855 e. The van der Waals surface area contributed by atoms with Crippen LogP contribution in [0.5, 0.6) is 0 Å². The van der Waals surface area contributed by atoms with Gasteiger partial charge in [-0.3, -0.25) is 0 Å². The van der Waals surface area contributed by atoms with Crippen LogP contribution >= 0.6 is 0 Å². The second kappa shape index (κ2) is 13.8. The molecule has 2 heteroatoms. The van der Waals surface area contributed by atoms with Crippen molar-refractivity contribution in [2.45, 2.75) is 79.4 Å². The summed E-state index contributed by atoms with van der Waals surface area (Å²) >= 11 is 0. The number of methoxy groups -OCH3 is 2. The lowest BCUT2D eigenvalue weighted by Crippen LogP contribution is -2.21. The zero-order valence-corrected chi connectivity index (χ0v) is 16.3. The Morgan fingerprint density at radius 2 is 1.77 bits per heavy atom. The molecule has 0 spiro atoms. The molecule has 0 aliphatic heterocycles. The molecule has 0 saturated carbocycles. The predicted molar refractivity (Wildman–Crippen MR) is 99.4 cm³/mol. The molecule has 1 rings (SSSR count). The minimum absolute atomic E-state index is 0.0399. The van der Waals surface area contributed by atoms with Gasteiger partial charge in [-0.1, -0.05) is 57.6 Å². The van der Waals surface area contributed by atoms with Gasteiger partial charge >= 0.3 is 0 Å². The summed E-state index contributed by atoms with van der Waals surface area (Å²) in [5, 5.41) is 0. The fraction of sp³-hybridized carbons (Fsp3) is 0.700. The zero-order valence-electron chi connectivity index (χ0n) is 16.3. The Labute approximate surface area is 139 Å². The van der Waals surface area contributed by atoms with Crippen molar-refractivity contribution in [3.05, 3.63) is 35.5 Å². The molecule has 0 aromatic heterocycles. The van der Waals surface area contributed by atoms with E-state index >= 15 is 0 Å². The Morgan fingerprint density at radius 1 is 1.18 bits per heavy atom. The van der Waals surface area contributed by atoms with Gasteiger partial charge in [0.15, 0.2) is 0 Å². The van der Waals surface area contributed by atoms with Crippen molar-refractivity contribution in [3.63, 3.8) is 0 Å². The van der Waals surface area contributed by atoms with E-state index in [1.54, 1.807) is 14.2 Å². The SMILES string of the molecule is CC.CC.COC1CC=C(C)C=C1/C=C/CCC(C)(C)OC. The number of allylic oxidation sites excluding steroid dienone is 3. The fourth-order valence-electron chi connectivity index (χ4n) is 1.98. The van der Waals surface area contributed by atoms with Gasteiger partial charge in [0.1, 0.15) is 0 Å². The van der Waals surface area contributed by atoms with Crippen LogP contribution in [-0.4, -0.2) is 25.9 Å². The van der Waals surface area contributed by atoms with E-state index in [-0.39, 0.29) is 11.7 Å². The average Bonchev–Trinajstić information content (AvgIpc) is 2.55. The minimum Gasteiger partial charge on any atom is -0.379 e. The molecule has 1 aliphatic rings. The summed E-state index contributed by atoms with van der Waals surface area (Å²) < 4.78 is 10.9. The van der Waals surface area contributed by atoms with E-state index in [4.69, 9.17) is 9.47 Å². The van der Waals surface area contributed by atoms with Crippen molar-refractivity contribution in [2.75, 3.05) is 14.2 Å². The molecule has 1 unspecified atom stereocenters. The van der Waals surface area contributed by atoms with Gasteiger partial charge in [0, 0.05) is 14.2 Å². The van der Waals surface area contributed by atoms with Crippen LogP contribution in [0.25, 0.3) is 0 Å². The first kappa shape index (κ1) is 23.4. The van der Waals surface area contributed by atoms with Crippen molar-refractivity contribution < 1.29 is 9.47 Å². The van der Waals surface area contributed by atoms with E-state index in [2.05, 4.69) is 45.1 Å². The summed E-state index contributed by atoms with van der Waals surface area (Å²) in [6.07, 6.45) is 12.1. The van der Waals surface area contributed by atoms with E-state index in [0.29, 0.717) is 0 Å². The first-order valence-corrected chi connectivity index (χ1v) is 8.61. The van der Waals surface area contributed by atoms with Crippen molar-refractivity contribution >= 4 is 0 Å². The largest absolute Gasteiger partial charge is 0.379 e. The normalized spacial score (nSPS) is 17.8. The van der Waals surface area contributed by atoms with Gasteiger partial charge in [-0.2, -0.15) is 0 Å². The van der Waals surface area contributed by atoms with Gasteiger partial charge in [-0.25, -0.2) is 0 Å². The van der Waals surface area contributed by atoms with Crippen LogP contribution in [0.1, 0.15) is 67.7 Å². The van der Waals surface area contributed by atoms with Crippen LogP contribution in [0.4, 0.5) is 0 Å². The van der Waals surface area contributed by atoms with Gasteiger partial charge in [0.05, 0.1) is 11.7 Å². The van der Waals surface area contributed by atoms with Crippen LogP contribution in [0.3, 0.4) is 0 Å². The predicted octanol–water partition coefficient (Wildman–Crippen LogP) is 6.09. The van der Waals surface area contributed by atoms with Crippen molar-refractivity contribution in [1.82, 2.24) is 0 Å². The molecule has 130 valence electrons. The van der Waals surface area contributed by atoms with E-state index < -0.39 is 0 Å². The van der Waals surface area contributed by atoms with Crippen LogP contribution in [0.15, 0.2) is 35.5 Å². The Balaban J connectivity index is 0. The molecule has 0 saturated heterocycles. The standard InChI is InChI=1S/C16H26O2.2C2H6/c1-13-9-10-15(17-4)14(12-13)8-6-7-11-16(2,3)18-5;2*1-2/h6,8-9,12,15H,7,10-11H2,1-5H3;2*1-2H3/b8-6+;;. The highest BCUT2D eigenvalue weighted by molar-refractivity contribution is 5.36. The van der Waals surface area contributed by atoms with Crippen LogP contribution in [-0.2, 0) is 9.47 Å². The van der Waals surface area contributed by atoms with E-state index in [0.717, 1.165) is 19.3 Å². The van der Waals surface area contributed by atoms with E-state index in [1.165, 1.54) is 11.1 Å². The van der Waals surface area contributed by atoms with Crippen molar-refractivity contribution in [1.29, 1.82) is 0 Å². The third kappa shape index (κ3) is 9.97. The molecule has 0 amide bonds. The van der Waals surface area contributed by atoms with Crippen molar-refractivity contribution in [2.24, 2.45) is 0 Å². The van der Waals surface area contributed by atoms with Crippen molar-refractivity contribution in [3.8, 4) is 0 Å². The van der Waals surface area contributed by atoms with Crippen LogP contribution in [0, 0.1) is 0 Å². The zero-order chi connectivity index (χ0) is 17.6. The van der Waals surface area contributed by atoms with Crippen LogP contribution < -0.4 is 0 Å². The second-order valence-corrected chi connectivity index (χ2v) is 5.46. The van der Waals surface area contributed by atoms with Gasteiger partial charge < -0.3 is 9.47 Å². The molecule has 1 atom stereocenters. The first-order chi connectivity index (χ1) is 10.5. The Kier molecular flexibility index (Phi) is 14.7. The van der Waals surface area contributed by atoms with Gasteiger partial charge in [-0.05, 0) is 45.6 Å². The molecule has 0 radical (unpaired) electrons. The van der Waals surface area contributed by atoms with Crippen LogP contribution in [0.2, 0.25) is 0 Å². The van der Waals surface area contributed by atoms with Gasteiger partial charge in [-0.15, -0.1) is 0 Å². The number of rotatable bonds is 6. The summed E-state index contributed by atoms with van der Waals surface area (Å²) in [6.45, 7) is 14.4. The molecule has 0 bridgehead atoms. The number of hydrogen-bond donors (Lipinski definition) is 0. The first-order valence-electron chi connectivity index (χ1n) is 8.61. The molecule has 0 N–H and O–H groups in total. The summed E-state index contributed by atoms with van der Waals surface area (Å²) in [5.74, 6) is 0. The maximum absolute atomic E-state index is 5.48. The molecule has 22 heavy (non-hydrogen) atoms. The third-order valence-corrected chi connectivity index (χ3v) is 3.48. The Bertz CT molecular complexity index is 349. The monoisotopic (exact) mass is 310 g/mol. The summed E-state index contributed by atoms with van der Waals surface area (Å²) in [4.78, 5) is 0. The van der Waals surface area contributed by atoms with E-state index in [9.17, 15) is 0 Å². The molecule has 1 aliphatic carbocycles. The highest BCUT2D eigenvalue weighted by Gasteiger charge is 2.15. The molecule has 0 aromatic rings. The van der Waals surface area contributed by atoms with Gasteiger partial charge in [0.2, 0.25) is 0 Å². The highest BCUT2D eigenvalue weighted by atomic mass is 16.5. The fourth-order valence-corrected chi connectivity index (χ4v) is 1.98.